The number of methoxy groups -OCH3 is 1. The van der Waals surface area contributed by atoms with Gasteiger partial charge in [0, 0.05) is 13.1 Å². The minimum atomic E-state index is -1.04. The number of benzene rings is 3. The van der Waals surface area contributed by atoms with Crippen molar-refractivity contribution in [2.24, 2.45) is 0 Å². The van der Waals surface area contributed by atoms with Crippen LogP contribution in [0, 0.1) is 0 Å². The molecule has 0 aliphatic carbocycles. The molecule has 3 aromatic rings. The number of aromatic carboxylic acids is 1. The summed E-state index contributed by atoms with van der Waals surface area (Å²) < 4.78 is 11.3. The van der Waals surface area contributed by atoms with Crippen LogP contribution < -0.4 is 9.47 Å². The molecule has 0 radical (unpaired) electrons. The van der Waals surface area contributed by atoms with E-state index in [0.29, 0.717) is 24.2 Å². The molecule has 210 valence electrons. The Hall–Kier alpha value is -4.28. The Bertz CT molecular complexity index is 1590. The van der Waals surface area contributed by atoms with Crippen molar-refractivity contribution in [2.45, 2.75) is 19.6 Å². The van der Waals surface area contributed by atoms with Crippen molar-refractivity contribution in [1.29, 1.82) is 0 Å². The Morgan fingerprint density at radius 2 is 1.85 bits per heavy atom. The lowest BCUT2D eigenvalue weighted by Gasteiger charge is -2.29. The van der Waals surface area contributed by atoms with Gasteiger partial charge in [-0.05, 0) is 70.8 Å². The zero-order chi connectivity index (χ0) is 29.1. The Labute approximate surface area is 245 Å². The smallest absolute Gasteiger partial charge is 0.335 e. The molecule has 0 spiro atoms. The van der Waals surface area contributed by atoms with Crippen molar-refractivity contribution in [2.75, 3.05) is 20.2 Å². The number of carboxylic acid groups (broad SMARTS) is 1. The van der Waals surface area contributed by atoms with Crippen molar-refractivity contribution in [3.05, 3.63) is 98.4 Å². The van der Waals surface area contributed by atoms with Crippen LogP contribution in [0.4, 0.5) is 4.79 Å². The van der Waals surface area contributed by atoms with Gasteiger partial charge < -0.3 is 19.5 Å². The molecule has 2 aliphatic heterocycles. The van der Waals surface area contributed by atoms with E-state index in [0.717, 1.165) is 28.6 Å². The molecule has 0 aromatic heterocycles. The maximum absolute atomic E-state index is 13.1. The second kappa shape index (κ2) is 12.1. The van der Waals surface area contributed by atoms with Crippen LogP contribution >= 0.6 is 23.4 Å². The third-order valence-corrected chi connectivity index (χ3v) is 7.95. The van der Waals surface area contributed by atoms with Gasteiger partial charge >= 0.3 is 5.97 Å². The number of hydrogen-bond donors (Lipinski definition) is 1. The van der Waals surface area contributed by atoms with Crippen molar-refractivity contribution < 1.29 is 33.8 Å². The molecule has 1 saturated heterocycles. The van der Waals surface area contributed by atoms with Gasteiger partial charge in [-0.25, -0.2) is 4.79 Å². The summed E-state index contributed by atoms with van der Waals surface area (Å²) in [6, 6.07) is 17.4. The van der Waals surface area contributed by atoms with E-state index in [1.807, 2.05) is 24.3 Å². The van der Waals surface area contributed by atoms with Crippen LogP contribution in [0.3, 0.4) is 0 Å². The van der Waals surface area contributed by atoms with Gasteiger partial charge in [-0.2, -0.15) is 0 Å². The highest BCUT2D eigenvalue weighted by atomic mass is 35.5. The number of rotatable bonds is 8. The number of carbonyl (C=O) groups excluding carboxylic acids is 3. The second-order valence-electron chi connectivity index (χ2n) is 9.43. The number of thioether (sulfide) groups is 1. The molecule has 3 aromatic carbocycles. The molecule has 0 atom stereocenters. The molecule has 2 aliphatic rings. The van der Waals surface area contributed by atoms with Crippen LogP contribution in [0.15, 0.2) is 65.6 Å². The zero-order valence-corrected chi connectivity index (χ0v) is 23.5. The minimum absolute atomic E-state index is 0.0477. The minimum Gasteiger partial charge on any atom is -0.493 e. The topological polar surface area (TPSA) is 113 Å². The highest BCUT2D eigenvalue weighted by Gasteiger charge is 2.37. The van der Waals surface area contributed by atoms with E-state index in [4.69, 9.17) is 21.1 Å². The molecule has 0 unspecified atom stereocenters. The molecule has 1 N–H and O–H groups in total. The van der Waals surface area contributed by atoms with Crippen LogP contribution in [-0.2, 0) is 29.2 Å². The second-order valence-corrected chi connectivity index (χ2v) is 10.8. The van der Waals surface area contributed by atoms with E-state index in [1.165, 1.54) is 30.9 Å². The first-order valence-corrected chi connectivity index (χ1v) is 13.9. The Morgan fingerprint density at radius 3 is 2.61 bits per heavy atom. The van der Waals surface area contributed by atoms with E-state index >= 15 is 0 Å². The average Bonchev–Trinajstić information content (AvgIpc) is 3.23. The molecule has 3 amide bonds. The SMILES string of the molecule is COc1cc(/C=C2\SC(=O)N(CC(=O)N3CCc4ccccc4C3)C2=O)cc(Cl)c1OCc1cccc(C(=O)O)c1. The molecule has 1 fully saturated rings. The maximum atomic E-state index is 13.1. The van der Waals surface area contributed by atoms with E-state index in [9.17, 15) is 24.3 Å². The molecular weight excluding hydrogens is 568 g/mol. The Kier molecular flexibility index (Phi) is 8.32. The van der Waals surface area contributed by atoms with E-state index in [1.54, 1.807) is 29.2 Å². The molecular formula is C30H25ClN2O7S. The monoisotopic (exact) mass is 592 g/mol. The summed E-state index contributed by atoms with van der Waals surface area (Å²) in [5.41, 5.74) is 3.52. The van der Waals surface area contributed by atoms with Gasteiger partial charge in [-0.1, -0.05) is 48.0 Å². The zero-order valence-electron chi connectivity index (χ0n) is 22.0. The van der Waals surface area contributed by atoms with E-state index in [-0.39, 0.29) is 46.0 Å². The summed E-state index contributed by atoms with van der Waals surface area (Å²) >= 11 is 7.24. The highest BCUT2D eigenvalue weighted by molar-refractivity contribution is 8.18. The number of ether oxygens (including phenoxy) is 2. The largest absolute Gasteiger partial charge is 0.493 e. The Balaban J connectivity index is 1.28. The predicted molar refractivity (Wildman–Crippen MR) is 154 cm³/mol. The maximum Gasteiger partial charge on any atom is 0.335 e. The van der Waals surface area contributed by atoms with Gasteiger partial charge in [-0.15, -0.1) is 0 Å². The van der Waals surface area contributed by atoms with Crippen LogP contribution in [0.1, 0.15) is 32.6 Å². The van der Waals surface area contributed by atoms with Gasteiger partial charge in [-0.3, -0.25) is 19.3 Å². The first-order valence-electron chi connectivity index (χ1n) is 12.7. The van der Waals surface area contributed by atoms with Crippen molar-refractivity contribution in [3.63, 3.8) is 0 Å². The Morgan fingerprint density at radius 1 is 1.07 bits per heavy atom. The molecule has 41 heavy (non-hydrogen) atoms. The van der Waals surface area contributed by atoms with Crippen LogP contribution in [0.5, 0.6) is 11.5 Å². The standard InChI is InChI=1S/C30H25ClN2O7S/c1-39-24-13-19(12-23(31)27(24)40-17-18-5-4-8-21(11-18)29(36)37)14-25-28(35)33(30(38)41-25)16-26(34)32-10-9-20-6-2-3-7-22(20)15-32/h2-8,11-14H,9-10,15-17H2,1H3,(H,36,37)/b25-14-. The molecule has 5 rings (SSSR count). The van der Waals surface area contributed by atoms with Crippen LogP contribution in [0.2, 0.25) is 5.02 Å². The third-order valence-electron chi connectivity index (χ3n) is 6.76. The molecule has 2 heterocycles. The molecule has 9 nitrogen and oxygen atoms in total. The lowest BCUT2D eigenvalue weighted by atomic mass is 10.00. The lowest BCUT2D eigenvalue weighted by Crippen LogP contribution is -2.44. The van der Waals surface area contributed by atoms with Crippen molar-refractivity contribution in [3.8, 4) is 11.5 Å². The normalized spacial score (nSPS) is 15.7. The van der Waals surface area contributed by atoms with Crippen LogP contribution in [0.25, 0.3) is 6.08 Å². The van der Waals surface area contributed by atoms with Gasteiger partial charge in [0.25, 0.3) is 11.1 Å². The van der Waals surface area contributed by atoms with Gasteiger partial charge in [0.1, 0.15) is 13.2 Å². The summed E-state index contributed by atoms with van der Waals surface area (Å²) in [4.78, 5) is 52.8. The highest BCUT2D eigenvalue weighted by Crippen LogP contribution is 2.39. The summed E-state index contributed by atoms with van der Waals surface area (Å²) in [6.07, 6.45) is 2.24. The van der Waals surface area contributed by atoms with Crippen molar-refractivity contribution in [1.82, 2.24) is 9.80 Å². The van der Waals surface area contributed by atoms with E-state index < -0.39 is 17.1 Å². The summed E-state index contributed by atoms with van der Waals surface area (Å²) in [7, 11) is 1.44. The number of carbonyl (C=O) groups is 4. The molecule has 0 bridgehead atoms. The van der Waals surface area contributed by atoms with Gasteiger partial charge in [0.05, 0.1) is 22.6 Å². The van der Waals surface area contributed by atoms with Crippen LogP contribution in [-0.4, -0.2) is 58.1 Å². The molecule has 0 saturated carbocycles. The fourth-order valence-electron chi connectivity index (χ4n) is 4.64. The predicted octanol–water partition coefficient (Wildman–Crippen LogP) is 5.25. The van der Waals surface area contributed by atoms with Gasteiger partial charge in [0.15, 0.2) is 11.5 Å². The number of carboxylic acids is 1. The van der Waals surface area contributed by atoms with Gasteiger partial charge in [0.2, 0.25) is 5.91 Å². The first-order chi connectivity index (χ1) is 19.7. The van der Waals surface area contributed by atoms with E-state index in [2.05, 4.69) is 0 Å². The van der Waals surface area contributed by atoms with Crippen molar-refractivity contribution >= 4 is 52.5 Å². The average molecular weight is 593 g/mol. The number of fused-ring (bicyclic) bond motifs is 1. The number of halogens is 1. The summed E-state index contributed by atoms with van der Waals surface area (Å²) in [6.45, 7) is 0.689. The summed E-state index contributed by atoms with van der Waals surface area (Å²) in [5.74, 6) is -1.35. The number of hydrogen-bond acceptors (Lipinski definition) is 7. The summed E-state index contributed by atoms with van der Waals surface area (Å²) in [5, 5.41) is 8.88. The fraction of sp³-hybridized carbons (Fsp3) is 0.200. The quantitative estimate of drug-likeness (QED) is 0.353. The number of nitrogens with zero attached hydrogens (tertiary/aromatic N) is 2. The fourth-order valence-corrected chi connectivity index (χ4v) is 5.76. The number of amides is 3. The third kappa shape index (κ3) is 6.23. The molecule has 11 heteroatoms. The first kappa shape index (κ1) is 28.3. The lowest BCUT2D eigenvalue weighted by molar-refractivity contribution is -0.136. The number of imide groups is 1.